The van der Waals surface area contributed by atoms with Crippen molar-refractivity contribution >= 4 is 38.3 Å². The maximum atomic E-state index is 12.8. The third kappa shape index (κ3) is 3.92. The van der Waals surface area contributed by atoms with Crippen LogP contribution in [0, 0.1) is 0 Å². The summed E-state index contributed by atoms with van der Waals surface area (Å²) >= 11 is 6.41. The van der Waals surface area contributed by atoms with Crippen LogP contribution in [-0.2, 0) is 9.84 Å². The summed E-state index contributed by atoms with van der Waals surface area (Å²) in [7, 11) is 0.996. The van der Waals surface area contributed by atoms with Crippen molar-refractivity contribution in [3.63, 3.8) is 0 Å². The number of hydrogen-bond acceptors (Lipinski definition) is 9. The van der Waals surface area contributed by atoms with E-state index in [9.17, 15) is 18.0 Å². The SMILES string of the molecule is COc1cc2c(Cl)c(C(=O)NN3CCS(=O)(=O)CC3C)c(=O)oc2c(OC)c1OC. The molecule has 164 valence electrons. The monoisotopic (exact) mass is 460 g/mol. The highest BCUT2D eigenvalue weighted by Gasteiger charge is 2.31. The van der Waals surface area contributed by atoms with Gasteiger partial charge >= 0.3 is 5.63 Å². The molecule has 1 atom stereocenters. The van der Waals surface area contributed by atoms with E-state index in [1.54, 1.807) is 6.92 Å². The molecule has 1 aromatic carbocycles. The van der Waals surface area contributed by atoms with Crippen molar-refractivity contribution in [2.24, 2.45) is 0 Å². The Bertz CT molecular complexity index is 1160. The fraction of sp³-hybridized carbons (Fsp3) is 0.444. The zero-order valence-electron chi connectivity index (χ0n) is 16.8. The van der Waals surface area contributed by atoms with Crippen LogP contribution in [0.2, 0.25) is 5.02 Å². The van der Waals surface area contributed by atoms with E-state index in [1.807, 2.05) is 0 Å². The first-order valence-electron chi connectivity index (χ1n) is 8.86. The number of nitrogens with one attached hydrogen (secondary N) is 1. The Labute approximate surface area is 177 Å². The Hall–Kier alpha value is -2.50. The maximum absolute atomic E-state index is 12.8. The molecule has 0 radical (unpaired) electrons. The predicted octanol–water partition coefficient (Wildman–Crippen LogP) is 1.24. The number of carbonyl (C=O) groups is 1. The van der Waals surface area contributed by atoms with Crippen LogP contribution in [-0.4, -0.2) is 64.8 Å². The zero-order valence-corrected chi connectivity index (χ0v) is 18.3. The highest BCUT2D eigenvalue weighted by molar-refractivity contribution is 7.91. The van der Waals surface area contributed by atoms with Crippen molar-refractivity contribution < 1.29 is 31.8 Å². The number of carbonyl (C=O) groups excluding carboxylic acids is 1. The minimum Gasteiger partial charge on any atom is -0.493 e. The Morgan fingerprint density at radius 1 is 1.23 bits per heavy atom. The molecule has 2 heterocycles. The summed E-state index contributed by atoms with van der Waals surface area (Å²) in [6, 6.07) is 0.998. The molecule has 1 aliphatic heterocycles. The van der Waals surface area contributed by atoms with Gasteiger partial charge in [-0.3, -0.25) is 10.2 Å². The molecule has 2 aromatic rings. The molecule has 12 heteroatoms. The molecule has 0 bridgehead atoms. The number of amides is 1. The van der Waals surface area contributed by atoms with Crippen LogP contribution in [0.5, 0.6) is 17.2 Å². The normalized spacial score (nSPS) is 18.8. The second-order valence-corrected chi connectivity index (χ2v) is 9.30. The first-order chi connectivity index (χ1) is 14.1. The molecule has 1 amide bonds. The number of halogens is 1. The fourth-order valence-corrected chi connectivity index (χ4v) is 5.17. The van der Waals surface area contributed by atoms with Gasteiger partial charge in [-0.05, 0) is 13.0 Å². The summed E-state index contributed by atoms with van der Waals surface area (Å²) in [4.78, 5) is 25.4. The van der Waals surface area contributed by atoms with Crippen LogP contribution in [0.25, 0.3) is 11.0 Å². The van der Waals surface area contributed by atoms with Crippen molar-refractivity contribution in [2.75, 3.05) is 39.4 Å². The van der Waals surface area contributed by atoms with E-state index in [1.165, 1.54) is 32.4 Å². The Morgan fingerprint density at radius 3 is 2.47 bits per heavy atom. The molecule has 1 fully saturated rings. The summed E-state index contributed by atoms with van der Waals surface area (Å²) in [5.74, 6) is -0.470. The second-order valence-electron chi connectivity index (χ2n) is 6.70. The lowest BCUT2D eigenvalue weighted by molar-refractivity contribution is 0.0727. The average molecular weight is 461 g/mol. The van der Waals surface area contributed by atoms with E-state index in [4.69, 9.17) is 30.2 Å². The van der Waals surface area contributed by atoms with Crippen LogP contribution >= 0.6 is 11.6 Å². The van der Waals surface area contributed by atoms with Gasteiger partial charge in [-0.2, -0.15) is 0 Å². The lowest BCUT2D eigenvalue weighted by Gasteiger charge is -2.32. The molecule has 1 saturated heterocycles. The van der Waals surface area contributed by atoms with Gasteiger partial charge in [-0.25, -0.2) is 18.2 Å². The summed E-state index contributed by atoms with van der Waals surface area (Å²) in [5.41, 5.74) is 1.15. The maximum Gasteiger partial charge on any atom is 0.350 e. The van der Waals surface area contributed by atoms with Crippen LogP contribution in [0.3, 0.4) is 0 Å². The third-order valence-corrected chi connectivity index (χ3v) is 6.97. The molecule has 1 N–H and O–H groups in total. The van der Waals surface area contributed by atoms with Gasteiger partial charge in [0.25, 0.3) is 5.91 Å². The third-order valence-electron chi connectivity index (χ3n) is 4.78. The highest BCUT2D eigenvalue weighted by atomic mass is 35.5. The van der Waals surface area contributed by atoms with Gasteiger partial charge in [0.2, 0.25) is 11.5 Å². The summed E-state index contributed by atoms with van der Waals surface area (Å²) in [5, 5.41) is 1.51. The number of sulfone groups is 1. The standard InChI is InChI=1S/C18H21ClN2O8S/c1-9-8-30(24,25)6-5-21(9)20-17(22)12-13(19)10-7-11(26-2)15(27-3)16(28-4)14(10)29-18(12)23/h7,9H,5-6,8H2,1-4H3,(H,20,22). The summed E-state index contributed by atoms with van der Waals surface area (Å²) in [6.07, 6.45) is 0. The van der Waals surface area contributed by atoms with E-state index >= 15 is 0 Å². The van der Waals surface area contributed by atoms with Crippen molar-refractivity contribution in [1.29, 1.82) is 0 Å². The van der Waals surface area contributed by atoms with Crippen LogP contribution in [0.1, 0.15) is 17.3 Å². The zero-order chi connectivity index (χ0) is 22.2. The van der Waals surface area contributed by atoms with E-state index in [0.717, 1.165) is 0 Å². The number of ether oxygens (including phenoxy) is 3. The Balaban J connectivity index is 2.07. The summed E-state index contributed by atoms with van der Waals surface area (Å²) in [6.45, 7) is 1.74. The van der Waals surface area contributed by atoms with Gasteiger partial charge in [-0.15, -0.1) is 0 Å². The molecule has 0 aliphatic carbocycles. The fourth-order valence-electron chi connectivity index (χ4n) is 3.31. The van der Waals surface area contributed by atoms with Crippen molar-refractivity contribution in [3.05, 3.63) is 27.1 Å². The molecule has 10 nitrogen and oxygen atoms in total. The minimum absolute atomic E-state index is 0.000802. The number of methoxy groups -OCH3 is 3. The number of benzene rings is 1. The van der Waals surface area contributed by atoms with E-state index in [0.29, 0.717) is 0 Å². The number of fused-ring (bicyclic) bond motifs is 1. The molecule has 30 heavy (non-hydrogen) atoms. The second kappa shape index (κ2) is 8.32. The van der Waals surface area contributed by atoms with Crippen molar-refractivity contribution in [3.8, 4) is 17.2 Å². The number of hydrazine groups is 1. The lowest BCUT2D eigenvalue weighted by atomic mass is 10.1. The van der Waals surface area contributed by atoms with Gasteiger partial charge in [0.15, 0.2) is 21.2 Å². The lowest BCUT2D eigenvalue weighted by Crippen LogP contribution is -2.55. The first-order valence-corrected chi connectivity index (χ1v) is 11.1. The topological polar surface area (TPSA) is 124 Å². The van der Waals surface area contributed by atoms with E-state index < -0.39 is 33.0 Å². The molecule has 1 aromatic heterocycles. The van der Waals surface area contributed by atoms with Gasteiger partial charge in [0.1, 0.15) is 5.56 Å². The smallest absolute Gasteiger partial charge is 0.350 e. The average Bonchev–Trinajstić information content (AvgIpc) is 2.68. The summed E-state index contributed by atoms with van der Waals surface area (Å²) < 4.78 is 44.6. The molecule has 3 rings (SSSR count). The first kappa shape index (κ1) is 22.2. The van der Waals surface area contributed by atoms with Gasteiger partial charge < -0.3 is 18.6 Å². The van der Waals surface area contributed by atoms with Gasteiger partial charge in [-0.1, -0.05) is 11.6 Å². The number of nitrogens with zero attached hydrogens (tertiary/aromatic N) is 1. The largest absolute Gasteiger partial charge is 0.493 e. The number of hydrogen-bond donors (Lipinski definition) is 1. The minimum atomic E-state index is -3.17. The van der Waals surface area contributed by atoms with Crippen LogP contribution in [0.15, 0.2) is 15.3 Å². The highest BCUT2D eigenvalue weighted by Crippen LogP contribution is 2.45. The molecular weight excluding hydrogens is 440 g/mol. The van der Waals surface area contributed by atoms with Gasteiger partial charge in [0, 0.05) is 18.0 Å². The van der Waals surface area contributed by atoms with E-state index in [-0.39, 0.29) is 51.3 Å². The van der Waals surface area contributed by atoms with E-state index in [2.05, 4.69) is 5.43 Å². The predicted molar refractivity (Wildman–Crippen MR) is 109 cm³/mol. The number of rotatable bonds is 5. The Kier molecular flexibility index (Phi) is 6.16. The van der Waals surface area contributed by atoms with Gasteiger partial charge in [0.05, 0.1) is 37.9 Å². The van der Waals surface area contributed by atoms with Crippen molar-refractivity contribution in [1.82, 2.24) is 10.4 Å². The molecule has 1 unspecified atom stereocenters. The Morgan fingerprint density at radius 2 is 1.90 bits per heavy atom. The van der Waals surface area contributed by atoms with Crippen molar-refractivity contribution in [2.45, 2.75) is 13.0 Å². The molecule has 0 saturated carbocycles. The van der Waals surface area contributed by atoms with Crippen LogP contribution < -0.4 is 25.3 Å². The molecule has 0 spiro atoms. The van der Waals surface area contributed by atoms with Crippen LogP contribution in [0.4, 0.5) is 0 Å². The molecule has 1 aliphatic rings. The quantitative estimate of drug-likeness (QED) is 0.656. The molecular formula is C18H21ClN2O8S.